The number of hydrogen-bond acceptors (Lipinski definition) is 5. The molecule has 4 rings (SSSR count). The van der Waals surface area contributed by atoms with E-state index in [-0.39, 0.29) is 12.3 Å². The summed E-state index contributed by atoms with van der Waals surface area (Å²) in [5.74, 6) is 5.41. The second-order valence-electron chi connectivity index (χ2n) is 8.87. The SMILES string of the molecule is CC#CC(CC(=O)O)c1ccc(OCc2cccc(CN3CCc4sc(CNC)cc4C3)c2)cc1. The highest BCUT2D eigenvalue weighted by molar-refractivity contribution is 7.12. The molecule has 1 aromatic heterocycles. The molecule has 0 amide bonds. The predicted molar refractivity (Wildman–Crippen MR) is 141 cm³/mol. The number of nitrogens with zero attached hydrogens (tertiary/aromatic N) is 1. The van der Waals surface area contributed by atoms with E-state index in [1.807, 2.05) is 42.6 Å². The topological polar surface area (TPSA) is 61.8 Å². The molecule has 0 radical (unpaired) electrons. The fourth-order valence-corrected chi connectivity index (χ4v) is 5.67. The lowest BCUT2D eigenvalue weighted by molar-refractivity contribution is -0.137. The van der Waals surface area contributed by atoms with Gasteiger partial charge in [0.15, 0.2) is 0 Å². The van der Waals surface area contributed by atoms with Gasteiger partial charge in [-0.1, -0.05) is 42.3 Å². The monoisotopic (exact) mass is 488 g/mol. The van der Waals surface area contributed by atoms with Crippen molar-refractivity contribution in [3.05, 3.63) is 86.6 Å². The zero-order chi connectivity index (χ0) is 24.6. The van der Waals surface area contributed by atoms with E-state index < -0.39 is 5.97 Å². The number of fused-ring (bicyclic) bond motifs is 1. The molecule has 6 heteroatoms. The molecule has 1 aliphatic rings. The van der Waals surface area contributed by atoms with E-state index in [1.165, 1.54) is 20.9 Å². The number of hydrogen-bond donors (Lipinski definition) is 2. The van der Waals surface area contributed by atoms with Crippen molar-refractivity contribution < 1.29 is 14.6 Å². The Bertz CT molecular complexity index is 1210. The number of aliphatic carboxylic acids is 1. The van der Waals surface area contributed by atoms with Crippen LogP contribution in [0.3, 0.4) is 0 Å². The predicted octanol–water partition coefficient (Wildman–Crippen LogP) is 5.19. The van der Waals surface area contributed by atoms with E-state index in [2.05, 4.69) is 52.4 Å². The molecule has 0 saturated carbocycles. The van der Waals surface area contributed by atoms with Gasteiger partial charge in [0.1, 0.15) is 12.4 Å². The Kier molecular flexibility index (Phi) is 8.59. The van der Waals surface area contributed by atoms with Gasteiger partial charge in [0.05, 0.1) is 12.3 Å². The summed E-state index contributed by atoms with van der Waals surface area (Å²) in [7, 11) is 2.00. The van der Waals surface area contributed by atoms with Crippen molar-refractivity contribution in [3.8, 4) is 17.6 Å². The van der Waals surface area contributed by atoms with Crippen molar-refractivity contribution in [1.29, 1.82) is 0 Å². The van der Waals surface area contributed by atoms with Gasteiger partial charge in [0, 0.05) is 35.9 Å². The van der Waals surface area contributed by atoms with Crippen LogP contribution in [0.25, 0.3) is 0 Å². The molecule has 0 aliphatic carbocycles. The first-order valence-corrected chi connectivity index (χ1v) is 12.8. The number of carboxylic acids is 1. The lowest BCUT2D eigenvalue weighted by Crippen LogP contribution is -2.29. The Morgan fingerprint density at radius 3 is 2.74 bits per heavy atom. The standard InChI is InChI=1S/C29H32N2O3S/c1-3-5-24(16-29(32)33)23-8-10-26(11-9-23)34-20-22-7-4-6-21(14-22)18-31-13-12-28-25(19-31)15-27(35-28)17-30-2/h4,6-11,14-15,24,30H,12-13,16-20H2,1-2H3,(H,32,33). The maximum Gasteiger partial charge on any atom is 0.304 e. The molecule has 0 saturated heterocycles. The summed E-state index contributed by atoms with van der Waals surface area (Å²) in [6.07, 6.45) is 1.12. The number of benzene rings is 2. The summed E-state index contributed by atoms with van der Waals surface area (Å²) in [6.45, 7) is 6.19. The molecule has 1 unspecified atom stereocenters. The number of rotatable bonds is 10. The number of carbonyl (C=O) groups is 1. The van der Waals surface area contributed by atoms with Crippen LogP contribution in [-0.4, -0.2) is 29.6 Å². The molecule has 0 bridgehead atoms. The van der Waals surface area contributed by atoms with Crippen LogP contribution in [0.1, 0.15) is 51.3 Å². The van der Waals surface area contributed by atoms with E-state index in [0.29, 0.717) is 6.61 Å². The molecule has 5 nitrogen and oxygen atoms in total. The summed E-state index contributed by atoms with van der Waals surface area (Å²) in [4.78, 5) is 16.6. The van der Waals surface area contributed by atoms with Crippen LogP contribution >= 0.6 is 11.3 Å². The zero-order valence-electron chi connectivity index (χ0n) is 20.3. The Morgan fingerprint density at radius 1 is 1.20 bits per heavy atom. The Balaban J connectivity index is 1.33. The van der Waals surface area contributed by atoms with Gasteiger partial charge in [-0.15, -0.1) is 17.3 Å². The van der Waals surface area contributed by atoms with Gasteiger partial charge in [-0.25, -0.2) is 0 Å². The third-order valence-electron chi connectivity index (χ3n) is 6.13. The van der Waals surface area contributed by atoms with Crippen LogP contribution in [0.2, 0.25) is 0 Å². The van der Waals surface area contributed by atoms with Gasteiger partial charge in [0.25, 0.3) is 0 Å². The third-order valence-corrected chi connectivity index (χ3v) is 7.37. The number of nitrogens with one attached hydrogen (secondary N) is 1. The largest absolute Gasteiger partial charge is 0.489 e. The van der Waals surface area contributed by atoms with Gasteiger partial charge in [0.2, 0.25) is 0 Å². The number of thiophene rings is 1. The van der Waals surface area contributed by atoms with Crippen LogP contribution < -0.4 is 10.1 Å². The van der Waals surface area contributed by atoms with Crippen LogP contribution in [0.15, 0.2) is 54.6 Å². The normalized spacial score (nSPS) is 14.0. The highest BCUT2D eigenvalue weighted by Gasteiger charge is 2.19. The molecule has 2 aromatic carbocycles. The smallest absolute Gasteiger partial charge is 0.304 e. The molecule has 0 fully saturated rings. The molecule has 2 heterocycles. The van der Waals surface area contributed by atoms with Crippen LogP contribution in [0, 0.1) is 11.8 Å². The summed E-state index contributed by atoms with van der Waals surface area (Å²) in [5, 5.41) is 12.4. The Morgan fingerprint density at radius 2 is 2.00 bits per heavy atom. The zero-order valence-corrected chi connectivity index (χ0v) is 21.2. The average molecular weight is 489 g/mol. The number of carboxylic acid groups (broad SMARTS) is 1. The van der Waals surface area contributed by atoms with Crippen LogP contribution in [0.4, 0.5) is 0 Å². The average Bonchev–Trinajstić information content (AvgIpc) is 3.25. The van der Waals surface area contributed by atoms with E-state index >= 15 is 0 Å². The summed E-state index contributed by atoms with van der Waals surface area (Å²) >= 11 is 1.94. The van der Waals surface area contributed by atoms with E-state index in [0.717, 1.165) is 49.5 Å². The maximum atomic E-state index is 11.1. The summed E-state index contributed by atoms with van der Waals surface area (Å²) in [5.41, 5.74) is 4.80. The second kappa shape index (κ2) is 12.0. The molecular formula is C29H32N2O3S. The Labute approximate surface area is 211 Å². The molecule has 1 aliphatic heterocycles. The molecule has 0 spiro atoms. The van der Waals surface area contributed by atoms with Crippen molar-refractivity contribution in [3.63, 3.8) is 0 Å². The minimum Gasteiger partial charge on any atom is -0.489 e. The first-order valence-electron chi connectivity index (χ1n) is 12.0. The number of ether oxygens (including phenoxy) is 1. The fourth-order valence-electron chi connectivity index (χ4n) is 4.49. The molecule has 2 N–H and O–H groups in total. The third kappa shape index (κ3) is 6.95. The van der Waals surface area contributed by atoms with Gasteiger partial charge in [-0.2, -0.15) is 0 Å². The minimum atomic E-state index is -0.850. The molecule has 1 atom stereocenters. The minimum absolute atomic E-state index is 0.00428. The first-order chi connectivity index (χ1) is 17.0. The maximum absolute atomic E-state index is 11.1. The van der Waals surface area contributed by atoms with E-state index in [1.54, 1.807) is 6.92 Å². The van der Waals surface area contributed by atoms with Crippen molar-refractivity contribution in [2.45, 2.75) is 51.9 Å². The summed E-state index contributed by atoms with van der Waals surface area (Å²) < 4.78 is 6.01. The van der Waals surface area contributed by atoms with Crippen LogP contribution in [0.5, 0.6) is 5.75 Å². The van der Waals surface area contributed by atoms with E-state index in [9.17, 15) is 4.79 Å². The molecular weight excluding hydrogens is 456 g/mol. The highest BCUT2D eigenvalue weighted by Crippen LogP contribution is 2.29. The Hall–Kier alpha value is -3.11. The van der Waals surface area contributed by atoms with Gasteiger partial charge >= 0.3 is 5.97 Å². The fraction of sp³-hybridized carbons (Fsp3) is 0.345. The molecule has 35 heavy (non-hydrogen) atoms. The lowest BCUT2D eigenvalue weighted by atomic mass is 9.96. The van der Waals surface area contributed by atoms with Gasteiger partial charge < -0.3 is 15.2 Å². The molecule has 3 aromatic rings. The van der Waals surface area contributed by atoms with Crippen molar-refractivity contribution in [2.24, 2.45) is 0 Å². The van der Waals surface area contributed by atoms with E-state index in [4.69, 9.17) is 9.84 Å². The molecule has 182 valence electrons. The van der Waals surface area contributed by atoms with Crippen LogP contribution in [-0.2, 0) is 37.5 Å². The van der Waals surface area contributed by atoms with Crippen molar-refractivity contribution >= 4 is 17.3 Å². The highest BCUT2D eigenvalue weighted by atomic mass is 32.1. The second-order valence-corrected chi connectivity index (χ2v) is 10.1. The summed E-state index contributed by atoms with van der Waals surface area (Å²) in [6, 6.07) is 18.5. The van der Waals surface area contributed by atoms with Crippen molar-refractivity contribution in [2.75, 3.05) is 13.6 Å². The van der Waals surface area contributed by atoms with Crippen molar-refractivity contribution in [1.82, 2.24) is 10.2 Å². The van der Waals surface area contributed by atoms with Gasteiger partial charge in [-0.3, -0.25) is 9.69 Å². The van der Waals surface area contributed by atoms with Gasteiger partial charge in [-0.05, 0) is 60.8 Å². The lowest BCUT2D eigenvalue weighted by Gasteiger charge is -2.27. The first kappa shape index (κ1) is 25.0. The quantitative estimate of drug-likeness (QED) is 0.385.